The Labute approximate surface area is 132 Å². The molecular weight excluding hydrogens is 332 g/mol. The lowest BCUT2D eigenvalue weighted by Gasteiger charge is -2.20. The Bertz CT molecular complexity index is 631. The first-order valence-electron chi connectivity index (χ1n) is 6.50. The number of hydrogen-bond donors (Lipinski definition) is 2. The third kappa shape index (κ3) is 3.95. The first kappa shape index (κ1) is 15.3. The van der Waals surface area contributed by atoms with Crippen molar-refractivity contribution < 1.29 is 5.21 Å². The molecule has 1 aromatic heterocycles. The van der Waals surface area contributed by atoms with Gasteiger partial charge in [-0.05, 0) is 46.3 Å². The van der Waals surface area contributed by atoms with Crippen molar-refractivity contribution in [1.29, 1.82) is 0 Å². The number of nitrogens with two attached hydrogens (primary N) is 1. The molecule has 1 aromatic carbocycles. The minimum atomic E-state index is 0.0876. The van der Waals surface area contributed by atoms with Crippen molar-refractivity contribution in [2.24, 2.45) is 10.9 Å². The molecule has 1 heterocycles. The standard InChI is InChI=1S/C15H17BrN4O/c1-20(9-7-11-4-2-3-8-18-11)12-5-6-13(14(16)10-12)15(17)19-21/h2-6,8,10,21H,7,9H2,1H3,(H2,17,19). The summed E-state index contributed by atoms with van der Waals surface area (Å²) in [4.78, 5) is 6.45. The van der Waals surface area contributed by atoms with Crippen molar-refractivity contribution in [3.05, 3.63) is 58.3 Å². The molecule has 0 atom stereocenters. The van der Waals surface area contributed by atoms with Crippen LogP contribution in [0.15, 0.2) is 52.2 Å². The van der Waals surface area contributed by atoms with Gasteiger partial charge < -0.3 is 15.8 Å². The molecule has 0 radical (unpaired) electrons. The summed E-state index contributed by atoms with van der Waals surface area (Å²) in [5.74, 6) is 0.0876. The zero-order valence-corrected chi connectivity index (χ0v) is 13.3. The summed E-state index contributed by atoms with van der Waals surface area (Å²) >= 11 is 3.44. The fourth-order valence-corrected chi connectivity index (χ4v) is 2.53. The van der Waals surface area contributed by atoms with Crippen LogP contribution in [-0.4, -0.2) is 29.6 Å². The van der Waals surface area contributed by atoms with Gasteiger partial charge in [-0.3, -0.25) is 4.98 Å². The maximum absolute atomic E-state index is 8.73. The van der Waals surface area contributed by atoms with Gasteiger partial charge in [-0.2, -0.15) is 0 Å². The number of anilines is 1. The molecule has 2 aromatic rings. The average Bonchev–Trinajstić information content (AvgIpc) is 2.52. The summed E-state index contributed by atoms with van der Waals surface area (Å²) in [7, 11) is 2.02. The topological polar surface area (TPSA) is 74.7 Å². The summed E-state index contributed by atoms with van der Waals surface area (Å²) in [6.45, 7) is 0.854. The van der Waals surface area contributed by atoms with Crippen molar-refractivity contribution in [1.82, 2.24) is 4.98 Å². The largest absolute Gasteiger partial charge is 0.409 e. The molecule has 0 amide bonds. The molecule has 21 heavy (non-hydrogen) atoms. The molecule has 0 saturated heterocycles. The highest BCUT2D eigenvalue weighted by atomic mass is 79.9. The molecule has 0 saturated carbocycles. The van der Waals surface area contributed by atoms with E-state index in [2.05, 4.69) is 31.0 Å². The van der Waals surface area contributed by atoms with Gasteiger partial charge in [-0.25, -0.2) is 0 Å². The predicted molar refractivity (Wildman–Crippen MR) is 87.9 cm³/mol. The highest BCUT2D eigenvalue weighted by Crippen LogP contribution is 2.23. The number of benzene rings is 1. The Kier molecular flexibility index (Phi) is 5.16. The van der Waals surface area contributed by atoms with Crippen molar-refractivity contribution in [3.63, 3.8) is 0 Å². The van der Waals surface area contributed by atoms with E-state index in [-0.39, 0.29) is 5.84 Å². The summed E-state index contributed by atoms with van der Waals surface area (Å²) in [5, 5.41) is 11.7. The SMILES string of the molecule is CN(CCc1ccccn1)c1ccc(/C(N)=N/O)c(Br)c1. The number of halogens is 1. The van der Waals surface area contributed by atoms with Gasteiger partial charge in [0.05, 0.1) is 0 Å². The molecule has 0 aliphatic carbocycles. The number of nitrogens with zero attached hydrogens (tertiary/aromatic N) is 3. The molecule has 6 heteroatoms. The summed E-state index contributed by atoms with van der Waals surface area (Å²) in [5.41, 5.74) is 8.38. The second-order valence-corrected chi connectivity index (χ2v) is 5.50. The number of hydrogen-bond acceptors (Lipinski definition) is 4. The molecule has 110 valence electrons. The van der Waals surface area contributed by atoms with Crippen LogP contribution in [0.5, 0.6) is 0 Å². The lowest BCUT2D eigenvalue weighted by Crippen LogP contribution is -2.21. The Balaban J connectivity index is 2.06. The highest BCUT2D eigenvalue weighted by Gasteiger charge is 2.08. The van der Waals surface area contributed by atoms with Crippen LogP contribution in [0.25, 0.3) is 0 Å². The Morgan fingerprint density at radius 1 is 1.38 bits per heavy atom. The van der Waals surface area contributed by atoms with Crippen LogP contribution in [0.4, 0.5) is 5.69 Å². The second-order valence-electron chi connectivity index (χ2n) is 4.64. The number of pyridine rings is 1. The van der Waals surface area contributed by atoms with E-state index >= 15 is 0 Å². The Hall–Kier alpha value is -2.08. The van der Waals surface area contributed by atoms with Gasteiger partial charge in [-0.1, -0.05) is 11.2 Å². The number of aromatic nitrogens is 1. The van der Waals surface area contributed by atoms with Gasteiger partial charge >= 0.3 is 0 Å². The number of rotatable bonds is 5. The molecule has 0 aliphatic rings. The zero-order valence-electron chi connectivity index (χ0n) is 11.7. The van der Waals surface area contributed by atoms with Gasteiger partial charge in [0, 0.05) is 47.6 Å². The Morgan fingerprint density at radius 3 is 2.81 bits per heavy atom. The van der Waals surface area contributed by atoms with E-state index in [0.29, 0.717) is 5.56 Å². The fourth-order valence-electron chi connectivity index (χ4n) is 1.96. The van der Waals surface area contributed by atoms with E-state index in [1.54, 1.807) is 6.20 Å². The smallest absolute Gasteiger partial charge is 0.171 e. The predicted octanol–water partition coefficient (Wildman–Crippen LogP) is 2.62. The second kappa shape index (κ2) is 7.08. The van der Waals surface area contributed by atoms with Gasteiger partial charge in [0.25, 0.3) is 0 Å². The van der Waals surface area contributed by atoms with E-state index in [1.807, 2.05) is 43.4 Å². The van der Waals surface area contributed by atoms with Crippen LogP contribution >= 0.6 is 15.9 Å². The zero-order chi connectivity index (χ0) is 15.2. The maximum Gasteiger partial charge on any atom is 0.171 e. The molecule has 0 spiro atoms. The maximum atomic E-state index is 8.73. The molecule has 0 aliphatic heterocycles. The summed E-state index contributed by atoms with van der Waals surface area (Å²) in [6.07, 6.45) is 2.68. The monoisotopic (exact) mass is 348 g/mol. The van der Waals surface area contributed by atoms with Crippen molar-refractivity contribution >= 4 is 27.5 Å². The van der Waals surface area contributed by atoms with Gasteiger partial charge in [0.1, 0.15) is 0 Å². The van der Waals surface area contributed by atoms with Crippen molar-refractivity contribution in [2.75, 3.05) is 18.5 Å². The minimum Gasteiger partial charge on any atom is -0.409 e. The quantitative estimate of drug-likeness (QED) is 0.377. The summed E-state index contributed by atoms with van der Waals surface area (Å²) in [6, 6.07) is 11.6. The van der Waals surface area contributed by atoms with Gasteiger partial charge in [-0.15, -0.1) is 0 Å². The third-order valence-corrected chi connectivity index (χ3v) is 3.86. The third-order valence-electron chi connectivity index (χ3n) is 3.21. The lowest BCUT2D eigenvalue weighted by molar-refractivity contribution is 0.318. The molecule has 3 N–H and O–H groups in total. The molecule has 2 rings (SSSR count). The number of oxime groups is 1. The first-order valence-corrected chi connectivity index (χ1v) is 7.29. The molecule has 0 bridgehead atoms. The molecule has 5 nitrogen and oxygen atoms in total. The fraction of sp³-hybridized carbons (Fsp3) is 0.200. The Morgan fingerprint density at radius 2 is 2.19 bits per heavy atom. The normalized spacial score (nSPS) is 11.4. The molecule has 0 fully saturated rings. The van der Waals surface area contributed by atoms with E-state index < -0.39 is 0 Å². The summed E-state index contributed by atoms with van der Waals surface area (Å²) < 4.78 is 0.792. The van der Waals surface area contributed by atoms with Gasteiger partial charge in [0.15, 0.2) is 5.84 Å². The highest BCUT2D eigenvalue weighted by molar-refractivity contribution is 9.10. The van der Waals surface area contributed by atoms with E-state index in [0.717, 1.165) is 28.8 Å². The van der Waals surface area contributed by atoms with Gasteiger partial charge in [0.2, 0.25) is 0 Å². The van der Waals surface area contributed by atoms with Crippen LogP contribution in [0.1, 0.15) is 11.3 Å². The molecule has 0 unspecified atom stereocenters. The van der Waals surface area contributed by atoms with Crippen LogP contribution < -0.4 is 10.6 Å². The van der Waals surface area contributed by atoms with E-state index in [4.69, 9.17) is 10.9 Å². The van der Waals surface area contributed by atoms with E-state index in [1.165, 1.54) is 0 Å². The van der Waals surface area contributed by atoms with Crippen LogP contribution in [0.3, 0.4) is 0 Å². The van der Waals surface area contributed by atoms with Crippen molar-refractivity contribution in [3.8, 4) is 0 Å². The number of likely N-dealkylation sites (N-methyl/N-ethyl adjacent to an activating group) is 1. The lowest BCUT2D eigenvalue weighted by atomic mass is 10.1. The number of amidine groups is 1. The van der Waals surface area contributed by atoms with E-state index in [9.17, 15) is 0 Å². The molecular formula is C15H17BrN4O. The van der Waals surface area contributed by atoms with Crippen LogP contribution in [0, 0.1) is 0 Å². The van der Waals surface area contributed by atoms with Crippen LogP contribution in [-0.2, 0) is 6.42 Å². The van der Waals surface area contributed by atoms with Crippen molar-refractivity contribution in [2.45, 2.75) is 6.42 Å². The first-order chi connectivity index (χ1) is 10.1. The minimum absolute atomic E-state index is 0.0876. The average molecular weight is 349 g/mol. The van der Waals surface area contributed by atoms with Crippen LogP contribution in [0.2, 0.25) is 0 Å².